The van der Waals surface area contributed by atoms with E-state index >= 15 is 0 Å². The molecular formula is C3H4B2N3. The van der Waals surface area contributed by atoms with Gasteiger partial charge in [0.25, 0.3) is 0 Å². The van der Waals surface area contributed by atoms with E-state index in [4.69, 9.17) is 7.85 Å². The maximum Gasteiger partial charge on any atom is 0.203 e. The topological polar surface area (TPSA) is 41.6 Å². The van der Waals surface area contributed by atoms with Crippen molar-refractivity contribution in [3.8, 4) is 0 Å². The van der Waals surface area contributed by atoms with Crippen molar-refractivity contribution in [2.24, 2.45) is 0 Å². The maximum absolute atomic E-state index is 5.20. The fourth-order valence-electron chi connectivity index (χ4n) is 0.417. The van der Waals surface area contributed by atoms with Crippen LogP contribution in [0.3, 0.4) is 0 Å². The van der Waals surface area contributed by atoms with Gasteiger partial charge in [0.2, 0.25) is 7.28 Å². The molecule has 1 aromatic heterocycles. The van der Waals surface area contributed by atoms with E-state index in [2.05, 4.69) is 15.2 Å². The van der Waals surface area contributed by atoms with E-state index in [0.29, 0.717) is 11.4 Å². The number of hydrogen-bond acceptors (Lipinski definition) is 2. The van der Waals surface area contributed by atoms with E-state index in [-0.39, 0.29) is 0 Å². The van der Waals surface area contributed by atoms with Gasteiger partial charge in [-0.15, -0.1) is 0 Å². The fraction of sp³-hybridized carbons (Fsp3) is 0.333. The first-order valence-corrected chi connectivity index (χ1v) is 2.30. The molecule has 0 atom stereocenters. The van der Waals surface area contributed by atoms with Gasteiger partial charge in [-0.25, -0.2) is 4.98 Å². The van der Waals surface area contributed by atoms with Gasteiger partial charge in [0.1, 0.15) is 0 Å². The summed E-state index contributed by atoms with van der Waals surface area (Å²) >= 11 is 0. The molecular weight excluding hydrogens is 99.7 g/mol. The zero-order valence-corrected chi connectivity index (χ0v) is 4.55. The summed E-state index contributed by atoms with van der Waals surface area (Å²) in [6.07, 6.45) is 0. The first kappa shape index (κ1) is 5.41. The monoisotopic (exact) mass is 104 g/mol. The molecule has 0 aliphatic rings. The van der Waals surface area contributed by atoms with Crippen molar-refractivity contribution in [3.05, 3.63) is 0 Å². The number of aromatic amines is 1. The lowest BCUT2D eigenvalue weighted by atomic mass is 9.82. The van der Waals surface area contributed by atoms with Crippen LogP contribution in [0.2, 0.25) is 6.82 Å². The molecule has 3 radical (unpaired) electrons. The van der Waals surface area contributed by atoms with Crippen LogP contribution in [0.4, 0.5) is 0 Å². The summed E-state index contributed by atoms with van der Waals surface area (Å²) in [6, 6.07) is 0. The second-order valence-corrected chi connectivity index (χ2v) is 1.37. The van der Waals surface area contributed by atoms with Crippen LogP contribution >= 0.6 is 0 Å². The van der Waals surface area contributed by atoms with E-state index in [1.807, 2.05) is 6.82 Å². The average Bonchev–Trinajstić information content (AvgIpc) is 2.14. The molecule has 0 amide bonds. The predicted octanol–water partition coefficient (Wildman–Crippen LogP) is -2.02. The summed E-state index contributed by atoms with van der Waals surface area (Å²) < 4.78 is 0. The molecule has 8 heavy (non-hydrogen) atoms. The van der Waals surface area contributed by atoms with E-state index in [9.17, 15) is 0 Å². The number of aromatic nitrogens is 3. The van der Waals surface area contributed by atoms with Crippen molar-refractivity contribution in [3.63, 3.8) is 0 Å². The second kappa shape index (κ2) is 2.03. The smallest absolute Gasteiger partial charge is 0.203 e. The minimum atomic E-state index is 0.359. The van der Waals surface area contributed by atoms with E-state index in [1.54, 1.807) is 7.28 Å². The maximum atomic E-state index is 5.20. The molecule has 0 aromatic carbocycles. The predicted molar refractivity (Wildman–Crippen MR) is 33.0 cm³/mol. The normalized spacial score (nSPS) is 9.12. The Bertz CT molecular complexity index is 173. The van der Waals surface area contributed by atoms with Crippen molar-refractivity contribution in [2.75, 3.05) is 0 Å². The molecule has 3 nitrogen and oxygen atoms in total. The highest BCUT2D eigenvalue weighted by atomic mass is 15.2. The molecule has 5 heteroatoms. The Balaban J connectivity index is 2.84. The fourth-order valence-corrected chi connectivity index (χ4v) is 0.417. The zero-order chi connectivity index (χ0) is 5.98. The third kappa shape index (κ3) is 0.911. The van der Waals surface area contributed by atoms with Crippen LogP contribution in [-0.2, 0) is 0 Å². The van der Waals surface area contributed by atoms with Crippen LogP contribution in [0.15, 0.2) is 0 Å². The van der Waals surface area contributed by atoms with Crippen molar-refractivity contribution >= 4 is 26.6 Å². The van der Waals surface area contributed by atoms with Crippen molar-refractivity contribution in [1.29, 1.82) is 0 Å². The van der Waals surface area contributed by atoms with Gasteiger partial charge in [-0.2, -0.15) is 5.10 Å². The summed E-state index contributed by atoms with van der Waals surface area (Å²) in [7, 11) is 6.98. The molecule has 0 bridgehead atoms. The first-order chi connectivity index (χ1) is 3.83. The van der Waals surface area contributed by atoms with Crippen molar-refractivity contribution in [1.82, 2.24) is 15.2 Å². The summed E-state index contributed by atoms with van der Waals surface area (Å²) in [6.45, 7) is 1.85. The van der Waals surface area contributed by atoms with Gasteiger partial charge >= 0.3 is 0 Å². The molecule has 1 rings (SSSR count). The standard InChI is InChI=1S/C3H4B2N3/c1-5-3-6-2(4)7-8-3/h1H3,(H,6,7,8). The highest BCUT2D eigenvalue weighted by Crippen LogP contribution is 1.54. The number of nitrogens with zero attached hydrogens (tertiary/aromatic N) is 2. The molecule has 0 aliphatic carbocycles. The van der Waals surface area contributed by atoms with Crippen LogP contribution in [0, 0.1) is 0 Å². The molecule has 1 N–H and O–H groups in total. The highest BCUT2D eigenvalue weighted by Gasteiger charge is 1.93. The average molecular weight is 104 g/mol. The summed E-state index contributed by atoms with van der Waals surface area (Å²) in [5.41, 5.74) is 1.00. The zero-order valence-electron chi connectivity index (χ0n) is 4.55. The SMILES string of the molecule is [B]c1nc([B]C)n[nH]1. The third-order valence-corrected chi connectivity index (χ3v) is 0.778. The minimum Gasteiger partial charge on any atom is -0.275 e. The molecule has 0 aliphatic heterocycles. The molecule has 0 saturated heterocycles. The number of hydrogen-bond donors (Lipinski definition) is 1. The minimum absolute atomic E-state index is 0.359. The van der Waals surface area contributed by atoms with E-state index < -0.39 is 0 Å². The Kier molecular flexibility index (Phi) is 1.37. The largest absolute Gasteiger partial charge is 0.275 e. The Labute approximate surface area is 49.6 Å². The van der Waals surface area contributed by atoms with Crippen molar-refractivity contribution < 1.29 is 0 Å². The van der Waals surface area contributed by atoms with Gasteiger partial charge in [0, 0.05) is 0 Å². The van der Waals surface area contributed by atoms with Gasteiger partial charge < -0.3 is 0 Å². The third-order valence-electron chi connectivity index (χ3n) is 0.778. The highest BCUT2D eigenvalue weighted by molar-refractivity contribution is 6.50. The lowest BCUT2D eigenvalue weighted by Crippen LogP contribution is -2.18. The second-order valence-electron chi connectivity index (χ2n) is 1.37. The first-order valence-electron chi connectivity index (χ1n) is 2.30. The summed E-state index contributed by atoms with van der Waals surface area (Å²) in [5.74, 6) is 0. The molecule has 0 unspecified atom stereocenters. The number of H-pyrrole nitrogens is 1. The van der Waals surface area contributed by atoms with Crippen LogP contribution in [0.5, 0.6) is 0 Å². The van der Waals surface area contributed by atoms with Crippen molar-refractivity contribution in [2.45, 2.75) is 6.82 Å². The molecule has 1 heterocycles. The van der Waals surface area contributed by atoms with Gasteiger partial charge in [-0.3, -0.25) is 5.10 Å². The lowest BCUT2D eigenvalue weighted by Gasteiger charge is -1.74. The Morgan fingerprint density at radius 3 is 2.75 bits per heavy atom. The molecule has 0 fully saturated rings. The van der Waals surface area contributed by atoms with Crippen LogP contribution < -0.4 is 11.4 Å². The Hall–Kier alpha value is -0.730. The van der Waals surface area contributed by atoms with Gasteiger partial charge in [-0.05, 0) is 0 Å². The Morgan fingerprint density at radius 1 is 1.75 bits per heavy atom. The number of rotatable bonds is 1. The van der Waals surface area contributed by atoms with E-state index in [0.717, 1.165) is 0 Å². The molecule has 0 saturated carbocycles. The van der Waals surface area contributed by atoms with Crippen LogP contribution in [0.25, 0.3) is 0 Å². The molecule has 37 valence electrons. The summed E-state index contributed by atoms with van der Waals surface area (Å²) in [4.78, 5) is 3.78. The van der Waals surface area contributed by atoms with Gasteiger partial charge in [0.15, 0.2) is 7.85 Å². The summed E-state index contributed by atoms with van der Waals surface area (Å²) in [5, 5.41) is 6.22. The lowest BCUT2D eigenvalue weighted by molar-refractivity contribution is 1.14. The quantitative estimate of drug-likeness (QED) is 0.417. The van der Waals surface area contributed by atoms with Crippen LogP contribution in [0.1, 0.15) is 0 Å². The molecule has 0 spiro atoms. The van der Waals surface area contributed by atoms with Gasteiger partial charge in [-0.1, -0.05) is 6.82 Å². The Morgan fingerprint density at radius 2 is 2.50 bits per heavy atom. The van der Waals surface area contributed by atoms with Crippen LogP contribution in [-0.4, -0.2) is 30.3 Å². The number of nitrogens with one attached hydrogen (secondary N) is 1. The van der Waals surface area contributed by atoms with Gasteiger partial charge in [0.05, 0.1) is 11.4 Å². The molecule has 1 aromatic rings. The van der Waals surface area contributed by atoms with E-state index in [1.165, 1.54) is 0 Å².